The van der Waals surface area contributed by atoms with Gasteiger partial charge in [-0.3, -0.25) is 9.78 Å². The first kappa shape index (κ1) is 15.5. The predicted molar refractivity (Wildman–Crippen MR) is 93.3 cm³/mol. The lowest BCUT2D eigenvalue weighted by Crippen LogP contribution is -2.32. The Kier molecular flexibility index (Phi) is 3.80. The van der Waals surface area contributed by atoms with Crippen LogP contribution in [0.2, 0.25) is 0 Å². The molecule has 0 fully saturated rings. The molecule has 0 radical (unpaired) electrons. The Labute approximate surface area is 137 Å². The van der Waals surface area contributed by atoms with Crippen molar-refractivity contribution in [2.45, 2.75) is 20.3 Å². The van der Waals surface area contributed by atoms with Crippen molar-refractivity contribution in [3.05, 3.63) is 65.6 Å². The average molecular weight is 306 g/mol. The van der Waals surface area contributed by atoms with Crippen molar-refractivity contribution in [3.8, 4) is 11.1 Å². The fourth-order valence-electron chi connectivity index (χ4n) is 3.08. The zero-order valence-corrected chi connectivity index (χ0v) is 14.1. The fourth-order valence-corrected chi connectivity index (χ4v) is 3.08. The molecule has 0 N–H and O–H groups in total. The number of pyridine rings is 1. The standard InChI is InChI=1S/C20H22N2O/c1-20(2)11-18-16(19(23)17(20)13-22(3)4)10-15(12-21-18)14-8-6-5-7-9-14/h5-10,12-13H,11H2,1-4H3. The van der Waals surface area contributed by atoms with E-state index < -0.39 is 0 Å². The molecule has 0 bridgehead atoms. The highest BCUT2D eigenvalue weighted by molar-refractivity contribution is 6.11. The van der Waals surface area contributed by atoms with E-state index in [1.807, 2.05) is 67.8 Å². The van der Waals surface area contributed by atoms with E-state index in [1.54, 1.807) is 0 Å². The Morgan fingerprint density at radius 3 is 2.48 bits per heavy atom. The van der Waals surface area contributed by atoms with Crippen LogP contribution in [0.1, 0.15) is 29.9 Å². The molecule has 0 aliphatic heterocycles. The summed E-state index contributed by atoms with van der Waals surface area (Å²) >= 11 is 0. The van der Waals surface area contributed by atoms with Gasteiger partial charge in [0.1, 0.15) is 0 Å². The summed E-state index contributed by atoms with van der Waals surface area (Å²) in [5.41, 5.74) is 4.35. The molecule has 0 atom stereocenters. The molecule has 1 aliphatic carbocycles. The van der Waals surface area contributed by atoms with Gasteiger partial charge < -0.3 is 4.90 Å². The maximum atomic E-state index is 13.0. The molecule has 1 heterocycles. The highest BCUT2D eigenvalue weighted by Crippen LogP contribution is 2.39. The van der Waals surface area contributed by atoms with Crippen LogP contribution in [-0.4, -0.2) is 29.8 Å². The van der Waals surface area contributed by atoms with E-state index in [-0.39, 0.29) is 11.2 Å². The lowest BCUT2D eigenvalue weighted by molar-refractivity contribution is 0.0991. The number of Topliss-reactive ketones (excluding diaryl/α,β-unsaturated/α-hetero) is 1. The second-order valence-corrected chi connectivity index (χ2v) is 6.98. The van der Waals surface area contributed by atoms with Crippen molar-refractivity contribution in [2.24, 2.45) is 5.41 Å². The smallest absolute Gasteiger partial charge is 0.192 e. The van der Waals surface area contributed by atoms with Crippen LogP contribution in [0.15, 0.2) is 54.4 Å². The highest BCUT2D eigenvalue weighted by Gasteiger charge is 2.37. The zero-order valence-electron chi connectivity index (χ0n) is 14.1. The van der Waals surface area contributed by atoms with E-state index in [0.717, 1.165) is 34.4 Å². The van der Waals surface area contributed by atoms with Gasteiger partial charge in [-0.25, -0.2) is 0 Å². The van der Waals surface area contributed by atoms with Crippen LogP contribution in [0.5, 0.6) is 0 Å². The third-order valence-electron chi connectivity index (χ3n) is 4.29. The summed E-state index contributed by atoms with van der Waals surface area (Å²) in [5, 5.41) is 0. The number of ketones is 1. The van der Waals surface area contributed by atoms with Crippen LogP contribution >= 0.6 is 0 Å². The molecule has 1 aromatic carbocycles. The van der Waals surface area contributed by atoms with Gasteiger partial charge >= 0.3 is 0 Å². The summed E-state index contributed by atoms with van der Waals surface area (Å²) in [4.78, 5) is 19.5. The molecule has 3 rings (SSSR count). The summed E-state index contributed by atoms with van der Waals surface area (Å²) in [6.45, 7) is 4.21. The van der Waals surface area contributed by atoms with Crippen LogP contribution in [0.3, 0.4) is 0 Å². The van der Waals surface area contributed by atoms with Crippen molar-refractivity contribution < 1.29 is 4.79 Å². The first-order valence-corrected chi connectivity index (χ1v) is 7.86. The number of hydrogen-bond acceptors (Lipinski definition) is 3. The summed E-state index contributed by atoms with van der Waals surface area (Å²) in [7, 11) is 3.90. The number of aromatic nitrogens is 1. The average Bonchev–Trinajstić information content (AvgIpc) is 2.51. The number of benzene rings is 1. The third kappa shape index (κ3) is 2.91. The van der Waals surface area contributed by atoms with Gasteiger partial charge in [0.25, 0.3) is 0 Å². The number of carbonyl (C=O) groups excluding carboxylic acids is 1. The summed E-state index contributed by atoms with van der Waals surface area (Å²) in [6, 6.07) is 12.0. The highest BCUT2D eigenvalue weighted by atomic mass is 16.1. The van der Waals surface area contributed by atoms with Gasteiger partial charge in [0.15, 0.2) is 5.78 Å². The fraction of sp³-hybridized carbons (Fsp3) is 0.300. The summed E-state index contributed by atoms with van der Waals surface area (Å²) in [6.07, 6.45) is 4.60. The molecule has 3 heteroatoms. The van der Waals surface area contributed by atoms with Crippen LogP contribution < -0.4 is 0 Å². The van der Waals surface area contributed by atoms with Crippen LogP contribution in [0.25, 0.3) is 11.1 Å². The number of fused-ring (bicyclic) bond motifs is 1. The van der Waals surface area contributed by atoms with Crippen molar-refractivity contribution in [1.29, 1.82) is 0 Å². The Balaban J connectivity index is 2.10. The van der Waals surface area contributed by atoms with Crippen molar-refractivity contribution in [3.63, 3.8) is 0 Å². The minimum atomic E-state index is -0.199. The Bertz CT molecular complexity index is 773. The summed E-state index contributed by atoms with van der Waals surface area (Å²) in [5.74, 6) is 0.0928. The molecule has 2 aromatic rings. The number of nitrogens with zero attached hydrogens (tertiary/aromatic N) is 2. The van der Waals surface area contributed by atoms with Gasteiger partial charge in [-0.05, 0) is 18.1 Å². The second-order valence-electron chi connectivity index (χ2n) is 6.98. The number of hydrogen-bond donors (Lipinski definition) is 0. The molecule has 0 saturated carbocycles. The Hall–Kier alpha value is -2.42. The molecule has 0 saturated heterocycles. The topological polar surface area (TPSA) is 33.2 Å². The number of rotatable bonds is 2. The Morgan fingerprint density at radius 2 is 1.83 bits per heavy atom. The van der Waals surface area contributed by atoms with Gasteiger partial charge in [0.2, 0.25) is 0 Å². The van der Waals surface area contributed by atoms with Gasteiger partial charge in [-0.1, -0.05) is 44.2 Å². The van der Waals surface area contributed by atoms with E-state index in [9.17, 15) is 4.79 Å². The van der Waals surface area contributed by atoms with Gasteiger partial charge in [-0.15, -0.1) is 0 Å². The molecule has 1 aromatic heterocycles. The van der Waals surface area contributed by atoms with Crippen molar-refractivity contribution >= 4 is 5.78 Å². The molecule has 0 spiro atoms. The second kappa shape index (κ2) is 5.65. The van der Waals surface area contributed by atoms with Crippen LogP contribution in [0, 0.1) is 5.41 Å². The first-order valence-electron chi connectivity index (χ1n) is 7.86. The van der Waals surface area contributed by atoms with Gasteiger partial charge in [0, 0.05) is 48.6 Å². The quantitative estimate of drug-likeness (QED) is 0.787. The minimum Gasteiger partial charge on any atom is -0.383 e. The maximum absolute atomic E-state index is 13.0. The molecule has 0 unspecified atom stereocenters. The third-order valence-corrected chi connectivity index (χ3v) is 4.29. The lowest BCUT2D eigenvalue weighted by atomic mass is 9.71. The first-order chi connectivity index (χ1) is 10.9. The SMILES string of the molecule is CN(C)C=C1C(=O)c2cc(-c3ccccc3)cnc2CC1(C)C. The molecule has 1 aliphatic rings. The van der Waals surface area contributed by atoms with Gasteiger partial charge in [0.05, 0.1) is 5.69 Å². The molecule has 3 nitrogen and oxygen atoms in total. The van der Waals surface area contributed by atoms with E-state index in [4.69, 9.17) is 0 Å². The summed E-state index contributed by atoms with van der Waals surface area (Å²) < 4.78 is 0. The van der Waals surface area contributed by atoms with E-state index in [1.165, 1.54) is 0 Å². The molecule has 118 valence electrons. The molecule has 23 heavy (non-hydrogen) atoms. The van der Waals surface area contributed by atoms with Crippen LogP contribution in [0.4, 0.5) is 0 Å². The van der Waals surface area contributed by atoms with E-state index >= 15 is 0 Å². The largest absolute Gasteiger partial charge is 0.383 e. The Morgan fingerprint density at radius 1 is 1.13 bits per heavy atom. The monoisotopic (exact) mass is 306 g/mol. The normalized spacial score (nSPS) is 17.9. The predicted octanol–water partition coefficient (Wildman–Crippen LogP) is 3.96. The molecule has 0 amide bonds. The maximum Gasteiger partial charge on any atom is 0.192 e. The van der Waals surface area contributed by atoms with E-state index in [0.29, 0.717) is 0 Å². The zero-order chi connectivity index (χ0) is 16.6. The van der Waals surface area contributed by atoms with Crippen LogP contribution in [-0.2, 0) is 6.42 Å². The minimum absolute atomic E-state index is 0.0928. The van der Waals surface area contributed by atoms with Crippen molar-refractivity contribution in [2.75, 3.05) is 14.1 Å². The van der Waals surface area contributed by atoms with Crippen molar-refractivity contribution in [1.82, 2.24) is 9.88 Å². The molecular weight excluding hydrogens is 284 g/mol. The number of allylic oxidation sites excluding steroid dienone is 1. The van der Waals surface area contributed by atoms with E-state index in [2.05, 4.69) is 18.8 Å². The van der Waals surface area contributed by atoms with Gasteiger partial charge in [-0.2, -0.15) is 0 Å². The molecular formula is C20H22N2O. The lowest BCUT2D eigenvalue weighted by Gasteiger charge is -2.33. The number of carbonyl (C=O) groups is 1.